The molecule has 1 aromatic carbocycles. The molecule has 0 saturated carbocycles. The van der Waals surface area contributed by atoms with Crippen molar-refractivity contribution in [3.8, 4) is 5.75 Å². The van der Waals surface area contributed by atoms with Gasteiger partial charge in [-0.15, -0.1) is 0 Å². The third kappa shape index (κ3) is 6.86. The fourth-order valence-corrected chi connectivity index (χ4v) is 2.82. The Morgan fingerprint density at radius 3 is 2.28 bits per heavy atom. The van der Waals surface area contributed by atoms with E-state index in [9.17, 15) is 4.79 Å². The van der Waals surface area contributed by atoms with Gasteiger partial charge in [-0.3, -0.25) is 9.69 Å². The Kier molecular flexibility index (Phi) is 8.46. The molecule has 1 N–H and O–H groups in total. The third-order valence-corrected chi connectivity index (χ3v) is 4.42. The molecule has 0 saturated heterocycles. The summed E-state index contributed by atoms with van der Waals surface area (Å²) in [6.45, 7) is 8.47. The first-order valence-electron chi connectivity index (χ1n) is 9.54. The van der Waals surface area contributed by atoms with Crippen molar-refractivity contribution in [1.29, 1.82) is 0 Å². The van der Waals surface area contributed by atoms with Crippen LogP contribution in [-0.4, -0.2) is 42.8 Å². The predicted octanol–water partition coefficient (Wildman–Crippen LogP) is 3.58. The van der Waals surface area contributed by atoms with E-state index in [0.717, 1.165) is 36.7 Å². The van der Waals surface area contributed by atoms with Crippen LogP contribution in [0.25, 0.3) is 0 Å². The number of hydrogen-bond acceptors (Lipinski definition) is 4. The second-order valence-electron chi connectivity index (χ2n) is 6.52. The van der Waals surface area contributed by atoms with Gasteiger partial charge >= 0.3 is 0 Å². The molecule has 0 unspecified atom stereocenters. The van der Waals surface area contributed by atoms with Crippen molar-refractivity contribution in [2.24, 2.45) is 5.10 Å². The molecule has 1 aliphatic rings. The number of amides is 1. The van der Waals surface area contributed by atoms with Crippen LogP contribution in [0.3, 0.4) is 0 Å². The molecule has 138 valence electrons. The molecular formula is C20H31N3O2. The fourth-order valence-electron chi connectivity index (χ4n) is 2.82. The zero-order valence-corrected chi connectivity index (χ0v) is 15.6. The standard InChI is InChI=1S/C20H31N3O2/c1-3-5-13-23(14-6-4-2)15-16-25-18-9-7-17(8-10-18)19-11-12-20(24)22-21-19/h7-10H,3-6,11-16H2,1-2H3,(H,22,24). The van der Waals surface area contributed by atoms with E-state index in [-0.39, 0.29) is 5.91 Å². The molecule has 0 aromatic heterocycles. The van der Waals surface area contributed by atoms with Gasteiger partial charge in [0, 0.05) is 19.4 Å². The fraction of sp³-hybridized carbons (Fsp3) is 0.600. The Morgan fingerprint density at radius 1 is 1.04 bits per heavy atom. The second-order valence-corrected chi connectivity index (χ2v) is 6.52. The molecule has 0 bridgehead atoms. The lowest BCUT2D eigenvalue weighted by molar-refractivity contribution is -0.121. The number of unbranched alkanes of at least 4 members (excludes halogenated alkanes) is 2. The molecule has 1 aliphatic heterocycles. The number of carbonyl (C=O) groups excluding carboxylic acids is 1. The molecular weight excluding hydrogens is 314 g/mol. The number of hydrazone groups is 1. The van der Waals surface area contributed by atoms with Gasteiger partial charge in [-0.1, -0.05) is 26.7 Å². The number of nitrogens with zero attached hydrogens (tertiary/aromatic N) is 2. The van der Waals surface area contributed by atoms with Crippen molar-refractivity contribution in [2.45, 2.75) is 52.4 Å². The van der Waals surface area contributed by atoms with E-state index in [1.165, 1.54) is 25.7 Å². The molecule has 1 aromatic rings. The van der Waals surface area contributed by atoms with Crippen LogP contribution in [0.15, 0.2) is 29.4 Å². The van der Waals surface area contributed by atoms with E-state index in [1.807, 2.05) is 24.3 Å². The average molecular weight is 345 g/mol. The van der Waals surface area contributed by atoms with Gasteiger partial charge in [0.05, 0.1) is 5.71 Å². The number of carbonyl (C=O) groups is 1. The zero-order chi connectivity index (χ0) is 17.9. The van der Waals surface area contributed by atoms with Crippen molar-refractivity contribution in [3.05, 3.63) is 29.8 Å². The molecule has 5 heteroatoms. The smallest absolute Gasteiger partial charge is 0.240 e. The molecule has 1 amide bonds. The Morgan fingerprint density at radius 2 is 1.72 bits per heavy atom. The van der Waals surface area contributed by atoms with Crippen LogP contribution in [0.1, 0.15) is 57.9 Å². The predicted molar refractivity (Wildman–Crippen MR) is 102 cm³/mol. The first-order valence-corrected chi connectivity index (χ1v) is 9.54. The van der Waals surface area contributed by atoms with Crippen LogP contribution >= 0.6 is 0 Å². The molecule has 0 spiro atoms. The van der Waals surface area contributed by atoms with E-state index in [0.29, 0.717) is 19.4 Å². The number of nitrogens with one attached hydrogen (secondary N) is 1. The summed E-state index contributed by atoms with van der Waals surface area (Å²) in [7, 11) is 0. The van der Waals surface area contributed by atoms with Gasteiger partial charge in [0.2, 0.25) is 5.91 Å². The highest BCUT2D eigenvalue weighted by atomic mass is 16.5. The van der Waals surface area contributed by atoms with E-state index >= 15 is 0 Å². The van der Waals surface area contributed by atoms with Gasteiger partial charge < -0.3 is 4.74 Å². The summed E-state index contributed by atoms with van der Waals surface area (Å²) in [5.41, 5.74) is 4.51. The molecule has 0 radical (unpaired) electrons. The Balaban J connectivity index is 1.79. The second kappa shape index (κ2) is 10.9. The van der Waals surface area contributed by atoms with Crippen molar-refractivity contribution in [2.75, 3.05) is 26.2 Å². The maximum absolute atomic E-state index is 11.2. The van der Waals surface area contributed by atoms with Crippen LogP contribution in [0, 0.1) is 0 Å². The van der Waals surface area contributed by atoms with Crippen molar-refractivity contribution in [1.82, 2.24) is 10.3 Å². The molecule has 0 aliphatic carbocycles. The summed E-state index contributed by atoms with van der Waals surface area (Å²) in [6.07, 6.45) is 6.15. The number of ether oxygens (including phenoxy) is 1. The minimum Gasteiger partial charge on any atom is -0.492 e. The SMILES string of the molecule is CCCCN(CCCC)CCOc1ccc(C2=NNC(=O)CC2)cc1. The van der Waals surface area contributed by atoms with Crippen LogP contribution in [0.2, 0.25) is 0 Å². The van der Waals surface area contributed by atoms with Crippen molar-refractivity contribution >= 4 is 11.6 Å². The normalized spacial score (nSPS) is 14.4. The summed E-state index contributed by atoms with van der Waals surface area (Å²) >= 11 is 0. The van der Waals surface area contributed by atoms with Crippen molar-refractivity contribution < 1.29 is 9.53 Å². The maximum atomic E-state index is 11.2. The van der Waals surface area contributed by atoms with Gasteiger partial charge in [0.1, 0.15) is 12.4 Å². The lowest BCUT2D eigenvalue weighted by atomic mass is 10.0. The third-order valence-electron chi connectivity index (χ3n) is 4.42. The molecule has 0 atom stereocenters. The Labute approximate surface area is 151 Å². The van der Waals surface area contributed by atoms with Crippen LogP contribution in [0.5, 0.6) is 5.75 Å². The van der Waals surface area contributed by atoms with Gasteiger partial charge in [0.15, 0.2) is 0 Å². The van der Waals surface area contributed by atoms with E-state index in [1.54, 1.807) is 0 Å². The molecule has 25 heavy (non-hydrogen) atoms. The lowest BCUT2D eigenvalue weighted by Gasteiger charge is -2.22. The summed E-state index contributed by atoms with van der Waals surface area (Å²) in [4.78, 5) is 13.7. The molecule has 5 nitrogen and oxygen atoms in total. The molecule has 1 heterocycles. The minimum absolute atomic E-state index is 0.0144. The first kappa shape index (κ1) is 19.4. The molecule has 0 fully saturated rings. The Bertz CT molecular complexity index is 547. The highest BCUT2D eigenvalue weighted by Gasteiger charge is 2.13. The van der Waals surface area contributed by atoms with Crippen LogP contribution < -0.4 is 10.2 Å². The quantitative estimate of drug-likeness (QED) is 0.667. The van der Waals surface area contributed by atoms with Gasteiger partial charge in [0.25, 0.3) is 0 Å². The average Bonchev–Trinajstić information content (AvgIpc) is 2.65. The summed E-state index contributed by atoms with van der Waals surface area (Å²) < 4.78 is 5.90. The van der Waals surface area contributed by atoms with Gasteiger partial charge in [-0.05, 0) is 55.8 Å². The van der Waals surface area contributed by atoms with Crippen LogP contribution in [-0.2, 0) is 4.79 Å². The Hall–Kier alpha value is -1.88. The molecule has 2 rings (SSSR count). The lowest BCUT2D eigenvalue weighted by Crippen LogP contribution is -2.30. The van der Waals surface area contributed by atoms with E-state index in [2.05, 4.69) is 29.3 Å². The highest BCUT2D eigenvalue weighted by Crippen LogP contribution is 2.16. The first-order chi connectivity index (χ1) is 12.2. The van der Waals surface area contributed by atoms with Crippen LogP contribution in [0.4, 0.5) is 0 Å². The maximum Gasteiger partial charge on any atom is 0.240 e. The monoisotopic (exact) mass is 345 g/mol. The van der Waals surface area contributed by atoms with Gasteiger partial charge in [-0.25, -0.2) is 5.43 Å². The van der Waals surface area contributed by atoms with Crippen molar-refractivity contribution in [3.63, 3.8) is 0 Å². The zero-order valence-electron chi connectivity index (χ0n) is 15.6. The minimum atomic E-state index is -0.0144. The number of benzene rings is 1. The van der Waals surface area contributed by atoms with E-state index < -0.39 is 0 Å². The summed E-state index contributed by atoms with van der Waals surface area (Å²) in [5, 5.41) is 4.12. The number of rotatable bonds is 11. The summed E-state index contributed by atoms with van der Waals surface area (Å²) in [5.74, 6) is 0.870. The topological polar surface area (TPSA) is 53.9 Å². The highest BCUT2D eigenvalue weighted by molar-refractivity contribution is 6.04. The largest absolute Gasteiger partial charge is 0.492 e. The summed E-state index contributed by atoms with van der Waals surface area (Å²) in [6, 6.07) is 7.99. The number of hydrogen-bond donors (Lipinski definition) is 1. The van der Waals surface area contributed by atoms with E-state index in [4.69, 9.17) is 4.74 Å². The van der Waals surface area contributed by atoms with Gasteiger partial charge in [-0.2, -0.15) is 5.10 Å².